The molecule has 0 aliphatic carbocycles. The van der Waals surface area contributed by atoms with Crippen LogP contribution in [0.3, 0.4) is 0 Å². The molecule has 4 heteroatoms. The molecule has 4 nitrogen and oxygen atoms in total. The third-order valence-electron chi connectivity index (χ3n) is 10.5. The lowest BCUT2D eigenvalue weighted by molar-refractivity contribution is 1.13. The molecule has 7 aromatic carbocycles. The first-order chi connectivity index (χ1) is 25.3. The average Bonchev–Trinajstić information content (AvgIpc) is 3.84. The van der Waals surface area contributed by atoms with Crippen molar-refractivity contribution in [3.8, 4) is 28.2 Å². The van der Waals surface area contributed by atoms with Gasteiger partial charge in [-0.05, 0) is 78.4 Å². The Labute approximate surface area is 293 Å². The number of rotatable bonds is 4. The quantitative estimate of drug-likeness (QED) is 0.186. The van der Waals surface area contributed by atoms with Gasteiger partial charge in [0.1, 0.15) is 5.65 Å². The molecule has 4 aromatic heterocycles. The number of benzene rings is 7. The third-order valence-corrected chi connectivity index (χ3v) is 10.5. The highest BCUT2D eigenvalue weighted by atomic mass is 15.0. The van der Waals surface area contributed by atoms with Crippen LogP contribution in [0.2, 0.25) is 0 Å². The second-order valence-corrected chi connectivity index (χ2v) is 13.2. The van der Waals surface area contributed by atoms with Crippen molar-refractivity contribution < 1.29 is 0 Å². The Hall–Kier alpha value is -6.91. The Morgan fingerprint density at radius 1 is 0.333 bits per heavy atom. The topological polar surface area (TPSA) is 27.7 Å². The van der Waals surface area contributed by atoms with Crippen LogP contribution in [0.15, 0.2) is 182 Å². The zero-order valence-corrected chi connectivity index (χ0v) is 27.6. The highest BCUT2D eigenvalue weighted by Crippen LogP contribution is 2.39. The number of para-hydroxylation sites is 5. The van der Waals surface area contributed by atoms with Gasteiger partial charge in [0.25, 0.3) is 0 Å². The van der Waals surface area contributed by atoms with E-state index in [9.17, 15) is 0 Å². The summed E-state index contributed by atoms with van der Waals surface area (Å²) in [5.74, 6) is 0. The predicted molar refractivity (Wildman–Crippen MR) is 213 cm³/mol. The first-order valence-electron chi connectivity index (χ1n) is 17.4. The van der Waals surface area contributed by atoms with Gasteiger partial charge in [-0.3, -0.25) is 4.57 Å². The highest BCUT2D eigenvalue weighted by Gasteiger charge is 2.19. The van der Waals surface area contributed by atoms with E-state index in [1.807, 2.05) is 12.3 Å². The van der Waals surface area contributed by atoms with Crippen molar-refractivity contribution in [2.75, 3.05) is 0 Å². The summed E-state index contributed by atoms with van der Waals surface area (Å²) in [7, 11) is 0. The molecule has 11 rings (SSSR count). The van der Waals surface area contributed by atoms with Crippen molar-refractivity contribution in [3.05, 3.63) is 182 Å². The molecule has 0 radical (unpaired) electrons. The van der Waals surface area contributed by atoms with E-state index in [-0.39, 0.29) is 0 Å². The predicted octanol–water partition coefficient (Wildman–Crippen LogP) is 12.0. The van der Waals surface area contributed by atoms with E-state index in [2.05, 4.69) is 184 Å². The van der Waals surface area contributed by atoms with Crippen LogP contribution >= 0.6 is 0 Å². The van der Waals surface area contributed by atoms with Gasteiger partial charge in [0.2, 0.25) is 0 Å². The minimum absolute atomic E-state index is 0.969. The van der Waals surface area contributed by atoms with E-state index in [1.165, 1.54) is 65.8 Å². The van der Waals surface area contributed by atoms with Crippen LogP contribution in [-0.4, -0.2) is 18.7 Å². The summed E-state index contributed by atoms with van der Waals surface area (Å²) in [6.45, 7) is 0. The van der Waals surface area contributed by atoms with Crippen LogP contribution in [0.4, 0.5) is 0 Å². The van der Waals surface area contributed by atoms with Crippen molar-refractivity contribution in [1.82, 2.24) is 18.7 Å². The maximum atomic E-state index is 4.84. The molecule has 0 bridgehead atoms. The van der Waals surface area contributed by atoms with Crippen molar-refractivity contribution in [2.24, 2.45) is 0 Å². The van der Waals surface area contributed by atoms with Gasteiger partial charge in [-0.15, -0.1) is 0 Å². The lowest BCUT2D eigenvalue weighted by atomic mass is 10.0. The van der Waals surface area contributed by atoms with Crippen LogP contribution in [-0.2, 0) is 0 Å². The molecule has 0 aliphatic heterocycles. The van der Waals surface area contributed by atoms with Crippen LogP contribution in [0.1, 0.15) is 0 Å². The Morgan fingerprint density at radius 3 is 1.59 bits per heavy atom. The molecule has 238 valence electrons. The number of fused-ring (bicyclic) bond motifs is 9. The Morgan fingerprint density at radius 2 is 0.863 bits per heavy atom. The zero-order valence-electron chi connectivity index (χ0n) is 27.6. The molecule has 0 unspecified atom stereocenters. The van der Waals surface area contributed by atoms with E-state index in [4.69, 9.17) is 4.98 Å². The molecular weight excluding hydrogens is 621 g/mol. The molecule has 0 N–H and O–H groups in total. The molecule has 0 aliphatic rings. The van der Waals surface area contributed by atoms with Gasteiger partial charge in [-0.1, -0.05) is 103 Å². The van der Waals surface area contributed by atoms with Crippen molar-refractivity contribution in [1.29, 1.82) is 0 Å². The van der Waals surface area contributed by atoms with Gasteiger partial charge in [0.15, 0.2) is 0 Å². The van der Waals surface area contributed by atoms with Gasteiger partial charge in [-0.25, -0.2) is 4.98 Å². The van der Waals surface area contributed by atoms with Crippen LogP contribution in [0.25, 0.3) is 93.7 Å². The molecule has 0 saturated heterocycles. The molecule has 4 heterocycles. The summed E-state index contributed by atoms with van der Waals surface area (Å²) < 4.78 is 7.12. The first kappa shape index (κ1) is 28.0. The third kappa shape index (κ3) is 4.05. The minimum atomic E-state index is 0.969. The van der Waals surface area contributed by atoms with Crippen molar-refractivity contribution in [3.63, 3.8) is 0 Å². The second kappa shape index (κ2) is 10.8. The van der Waals surface area contributed by atoms with Crippen LogP contribution in [0.5, 0.6) is 0 Å². The summed E-state index contributed by atoms with van der Waals surface area (Å²) in [5.41, 5.74) is 12.6. The molecule has 0 amide bonds. The Balaban J connectivity index is 1.12. The van der Waals surface area contributed by atoms with E-state index in [0.717, 1.165) is 27.9 Å². The van der Waals surface area contributed by atoms with E-state index in [1.54, 1.807) is 0 Å². The molecule has 51 heavy (non-hydrogen) atoms. The number of nitrogens with zero attached hydrogens (tertiary/aromatic N) is 4. The standard InChI is InChI=1S/C47H30N4/c1-6-21-41(51-44-24-9-2-16-35(44)36-17-3-10-25-45(36)51)34(15-1)31-13-11-14-32(29-31)49-42-22-7-5-19-38(42)40-30-33(26-27-46(40)49)50-43-23-8-4-18-37(43)39-20-12-28-48-47(39)50/h1-30H. The number of hydrogen-bond donors (Lipinski definition) is 0. The summed E-state index contributed by atoms with van der Waals surface area (Å²) in [5, 5.41) is 7.32. The smallest absolute Gasteiger partial charge is 0.145 e. The fourth-order valence-electron chi connectivity index (χ4n) is 8.34. The summed E-state index contributed by atoms with van der Waals surface area (Å²) in [6, 6.07) is 63.5. The lowest BCUT2D eigenvalue weighted by Gasteiger charge is -2.15. The van der Waals surface area contributed by atoms with E-state index in [0.29, 0.717) is 0 Å². The van der Waals surface area contributed by atoms with E-state index < -0.39 is 0 Å². The van der Waals surface area contributed by atoms with Gasteiger partial charge in [-0.2, -0.15) is 0 Å². The average molecular weight is 651 g/mol. The van der Waals surface area contributed by atoms with Gasteiger partial charge >= 0.3 is 0 Å². The maximum absolute atomic E-state index is 4.84. The Kier molecular flexibility index (Phi) is 5.92. The van der Waals surface area contributed by atoms with Crippen molar-refractivity contribution >= 4 is 65.5 Å². The number of aromatic nitrogens is 4. The highest BCUT2D eigenvalue weighted by molar-refractivity contribution is 6.12. The first-order valence-corrected chi connectivity index (χ1v) is 17.4. The maximum Gasteiger partial charge on any atom is 0.145 e. The summed E-state index contributed by atoms with van der Waals surface area (Å²) in [4.78, 5) is 4.84. The summed E-state index contributed by atoms with van der Waals surface area (Å²) >= 11 is 0. The fourth-order valence-corrected chi connectivity index (χ4v) is 8.34. The van der Waals surface area contributed by atoms with Gasteiger partial charge < -0.3 is 9.13 Å². The van der Waals surface area contributed by atoms with Crippen LogP contribution < -0.4 is 0 Å². The van der Waals surface area contributed by atoms with Gasteiger partial charge in [0.05, 0.1) is 33.3 Å². The lowest BCUT2D eigenvalue weighted by Crippen LogP contribution is -1.98. The zero-order chi connectivity index (χ0) is 33.5. The largest absolute Gasteiger partial charge is 0.309 e. The fraction of sp³-hybridized carbons (Fsp3) is 0. The van der Waals surface area contributed by atoms with Crippen LogP contribution in [0, 0.1) is 0 Å². The second-order valence-electron chi connectivity index (χ2n) is 13.2. The molecule has 0 spiro atoms. The minimum Gasteiger partial charge on any atom is -0.309 e. The number of hydrogen-bond acceptors (Lipinski definition) is 1. The molecule has 0 atom stereocenters. The normalized spacial score (nSPS) is 11.9. The molecular formula is C47H30N4. The monoisotopic (exact) mass is 650 g/mol. The number of pyridine rings is 1. The molecule has 11 aromatic rings. The molecule has 0 fully saturated rings. The van der Waals surface area contributed by atoms with E-state index >= 15 is 0 Å². The molecule has 0 saturated carbocycles. The SMILES string of the molecule is c1cc(-c2ccccc2-n2c3ccccc3c3ccccc32)cc(-n2c3ccccc3c3cc(-n4c5ccccc5c5cccnc54)ccc32)c1. The summed E-state index contributed by atoms with van der Waals surface area (Å²) in [6.07, 6.45) is 1.88. The van der Waals surface area contributed by atoms with Crippen molar-refractivity contribution in [2.45, 2.75) is 0 Å². The van der Waals surface area contributed by atoms with Gasteiger partial charge in [0, 0.05) is 55.5 Å². The Bertz CT molecular complexity index is 3050.